The highest BCUT2D eigenvalue weighted by molar-refractivity contribution is 5.73. The summed E-state index contributed by atoms with van der Waals surface area (Å²) in [6.45, 7) is 3.45. The molecule has 2 aromatic rings. The van der Waals surface area contributed by atoms with Crippen LogP contribution in [0.1, 0.15) is 6.92 Å². The molecule has 1 aromatic heterocycles. The summed E-state index contributed by atoms with van der Waals surface area (Å²) in [5.41, 5.74) is 8.29. The lowest BCUT2D eigenvalue weighted by Gasteiger charge is -2.39. The highest BCUT2D eigenvalue weighted by Gasteiger charge is 2.33. The highest BCUT2D eigenvalue weighted by atomic mass is 16.5. The summed E-state index contributed by atoms with van der Waals surface area (Å²) in [4.78, 5) is 4.02. The van der Waals surface area contributed by atoms with Crippen molar-refractivity contribution in [2.45, 2.75) is 12.5 Å². The first-order valence-corrected chi connectivity index (χ1v) is 5.69. The van der Waals surface area contributed by atoms with Gasteiger partial charge in [0.1, 0.15) is 0 Å². The number of nitrogen functional groups attached to an aromatic ring is 1. The molecule has 0 saturated carbocycles. The average molecular weight is 246 g/mol. The molecular formula is C12H14N4O2. The van der Waals surface area contributed by atoms with Crippen molar-refractivity contribution in [3.8, 4) is 11.5 Å². The van der Waals surface area contributed by atoms with Crippen LogP contribution in [0.15, 0.2) is 29.0 Å². The molecule has 0 aliphatic carbocycles. The number of nitrogens with one attached hydrogen (secondary N) is 1. The summed E-state index contributed by atoms with van der Waals surface area (Å²) < 4.78 is 10.2. The van der Waals surface area contributed by atoms with Gasteiger partial charge in [0.05, 0.1) is 30.1 Å². The van der Waals surface area contributed by atoms with Crippen LogP contribution < -0.4 is 11.1 Å². The molecule has 1 aliphatic rings. The molecule has 94 valence electrons. The van der Waals surface area contributed by atoms with Crippen LogP contribution in [-0.2, 0) is 4.74 Å². The zero-order valence-corrected chi connectivity index (χ0v) is 10.0. The van der Waals surface area contributed by atoms with Crippen molar-refractivity contribution in [1.29, 1.82) is 0 Å². The van der Waals surface area contributed by atoms with E-state index in [0.717, 1.165) is 11.3 Å². The number of ether oxygens (including phenoxy) is 1. The molecule has 0 radical (unpaired) electrons. The largest absolute Gasteiger partial charge is 0.397 e. The van der Waals surface area contributed by atoms with Crippen LogP contribution in [0.3, 0.4) is 0 Å². The standard InChI is InChI=1S/C12H14N4O2/c1-12(5-17-6-12)16-10-4-8(2-3-9(10)13)11-14-7-15-18-11/h2-4,7,16H,5-6,13H2,1H3. The number of hydrogen-bond donors (Lipinski definition) is 2. The Bertz CT molecular complexity index is 549. The third-order valence-corrected chi connectivity index (χ3v) is 2.94. The zero-order chi connectivity index (χ0) is 12.6. The van der Waals surface area contributed by atoms with Gasteiger partial charge in [-0.3, -0.25) is 0 Å². The Morgan fingerprint density at radius 3 is 2.83 bits per heavy atom. The molecule has 0 unspecified atom stereocenters. The zero-order valence-electron chi connectivity index (χ0n) is 10.0. The maximum absolute atomic E-state index is 5.96. The molecule has 3 N–H and O–H groups in total. The van der Waals surface area contributed by atoms with Crippen LogP contribution in [0, 0.1) is 0 Å². The Morgan fingerprint density at radius 1 is 1.39 bits per heavy atom. The van der Waals surface area contributed by atoms with Crippen molar-refractivity contribution < 1.29 is 9.26 Å². The van der Waals surface area contributed by atoms with Gasteiger partial charge in [0.15, 0.2) is 6.33 Å². The molecular weight excluding hydrogens is 232 g/mol. The second-order valence-electron chi connectivity index (χ2n) is 4.73. The van der Waals surface area contributed by atoms with Crippen LogP contribution in [0.4, 0.5) is 11.4 Å². The highest BCUT2D eigenvalue weighted by Crippen LogP contribution is 2.30. The van der Waals surface area contributed by atoms with E-state index in [1.54, 1.807) is 0 Å². The summed E-state index contributed by atoms with van der Waals surface area (Å²) >= 11 is 0. The van der Waals surface area contributed by atoms with E-state index in [1.807, 2.05) is 18.2 Å². The molecule has 0 spiro atoms. The summed E-state index contributed by atoms with van der Waals surface area (Å²) in [5, 5.41) is 6.98. The van der Waals surface area contributed by atoms with Gasteiger partial charge in [-0.25, -0.2) is 0 Å². The number of benzene rings is 1. The molecule has 0 atom stereocenters. The first kappa shape index (κ1) is 11.0. The van der Waals surface area contributed by atoms with Crippen molar-refractivity contribution in [1.82, 2.24) is 10.1 Å². The van der Waals surface area contributed by atoms with Gasteiger partial charge >= 0.3 is 0 Å². The Labute approximate surface area is 104 Å². The third-order valence-electron chi connectivity index (χ3n) is 2.94. The van der Waals surface area contributed by atoms with Crippen LogP contribution in [0.5, 0.6) is 0 Å². The van der Waals surface area contributed by atoms with E-state index in [0.29, 0.717) is 24.8 Å². The van der Waals surface area contributed by atoms with Gasteiger partial charge < -0.3 is 20.3 Å². The maximum Gasteiger partial charge on any atom is 0.257 e. The monoisotopic (exact) mass is 246 g/mol. The maximum atomic E-state index is 5.96. The molecule has 18 heavy (non-hydrogen) atoms. The first-order valence-electron chi connectivity index (χ1n) is 5.69. The second-order valence-corrected chi connectivity index (χ2v) is 4.73. The summed E-state index contributed by atoms with van der Waals surface area (Å²) in [6.07, 6.45) is 1.37. The Balaban J connectivity index is 1.91. The minimum absolute atomic E-state index is 0.0540. The van der Waals surface area contributed by atoms with Crippen LogP contribution >= 0.6 is 0 Å². The number of hydrogen-bond acceptors (Lipinski definition) is 6. The first-order chi connectivity index (χ1) is 8.66. The van der Waals surface area contributed by atoms with E-state index in [9.17, 15) is 0 Å². The fourth-order valence-electron chi connectivity index (χ4n) is 1.90. The minimum Gasteiger partial charge on any atom is -0.397 e. The minimum atomic E-state index is -0.0540. The predicted molar refractivity (Wildman–Crippen MR) is 67.0 cm³/mol. The predicted octanol–water partition coefficient (Wildman–Crippen LogP) is 1.52. The molecule has 3 rings (SSSR count). The quantitative estimate of drug-likeness (QED) is 0.798. The van der Waals surface area contributed by atoms with Gasteiger partial charge in [0, 0.05) is 5.56 Å². The van der Waals surface area contributed by atoms with E-state index in [-0.39, 0.29) is 5.54 Å². The van der Waals surface area contributed by atoms with Crippen LogP contribution in [-0.4, -0.2) is 28.9 Å². The molecule has 6 nitrogen and oxygen atoms in total. The summed E-state index contributed by atoms with van der Waals surface area (Å²) in [7, 11) is 0. The van der Waals surface area contributed by atoms with Gasteiger partial charge in [0.25, 0.3) is 5.89 Å². The lowest BCUT2D eigenvalue weighted by atomic mass is 9.99. The van der Waals surface area contributed by atoms with E-state index in [1.165, 1.54) is 6.33 Å². The molecule has 1 saturated heterocycles. The molecule has 6 heteroatoms. The molecule has 2 heterocycles. The third kappa shape index (κ3) is 1.91. The van der Waals surface area contributed by atoms with E-state index >= 15 is 0 Å². The average Bonchev–Trinajstić information content (AvgIpc) is 2.83. The van der Waals surface area contributed by atoms with Crippen molar-refractivity contribution >= 4 is 11.4 Å². The van der Waals surface area contributed by atoms with Gasteiger partial charge in [-0.05, 0) is 25.1 Å². The topological polar surface area (TPSA) is 86.2 Å². The van der Waals surface area contributed by atoms with E-state index in [4.69, 9.17) is 15.0 Å². The number of aromatic nitrogens is 2. The van der Waals surface area contributed by atoms with Gasteiger partial charge in [-0.1, -0.05) is 5.16 Å². The van der Waals surface area contributed by atoms with Crippen molar-refractivity contribution in [3.63, 3.8) is 0 Å². The molecule has 1 aliphatic heterocycles. The summed E-state index contributed by atoms with van der Waals surface area (Å²) in [5.74, 6) is 0.480. The number of nitrogens with zero attached hydrogens (tertiary/aromatic N) is 2. The van der Waals surface area contributed by atoms with Crippen LogP contribution in [0.2, 0.25) is 0 Å². The number of nitrogens with two attached hydrogens (primary N) is 1. The SMILES string of the molecule is CC1(Nc2cc(-c3ncno3)ccc2N)COC1. The van der Waals surface area contributed by atoms with Crippen molar-refractivity contribution in [2.75, 3.05) is 24.3 Å². The molecule has 1 fully saturated rings. The lowest BCUT2D eigenvalue weighted by Crippen LogP contribution is -2.53. The fourth-order valence-corrected chi connectivity index (χ4v) is 1.90. The second kappa shape index (κ2) is 3.99. The van der Waals surface area contributed by atoms with Gasteiger partial charge in [0.2, 0.25) is 0 Å². The molecule has 1 aromatic carbocycles. The number of anilines is 2. The van der Waals surface area contributed by atoms with Crippen molar-refractivity contribution in [3.05, 3.63) is 24.5 Å². The normalized spacial score (nSPS) is 17.2. The summed E-state index contributed by atoms with van der Waals surface area (Å²) in [6, 6.07) is 5.59. The smallest absolute Gasteiger partial charge is 0.257 e. The lowest BCUT2D eigenvalue weighted by molar-refractivity contribution is -0.0317. The Kier molecular flexibility index (Phi) is 2.45. The Hall–Kier alpha value is -2.08. The Morgan fingerprint density at radius 2 is 2.22 bits per heavy atom. The van der Waals surface area contributed by atoms with Crippen LogP contribution in [0.25, 0.3) is 11.5 Å². The fraction of sp³-hybridized carbons (Fsp3) is 0.333. The number of rotatable bonds is 3. The van der Waals surface area contributed by atoms with Gasteiger partial charge in [-0.15, -0.1) is 0 Å². The van der Waals surface area contributed by atoms with Crippen molar-refractivity contribution in [2.24, 2.45) is 0 Å². The molecule has 0 amide bonds. The molecule has 0 bridgehead atoms. The van der Waals surface area contributed by atoms with E-state index < -0.39 is 0 Å². The van der Waals surface area contributed by atoms with E-state index in [2.05, 4.69) is 22.4 Å². The van der Waals surface area contributed by atoms with Gasteiger partial charge in [-0.2, -0.15) is 4.98 Å².